The van der Waals surface area contributed by atoms with Gasteiger partial charge in [0.15, 0.2) is 15.5 Å². The molecule has 0 bridgehead atoms. The first-order chi connectivity index (χ1) is 14.2. The summed E-state index contributed by atoms with van der Waals surface area (Å²) in [5.41, 5.74) is 7.87. The zero-order valence-corrected chi connectivity index (χ0v) is 19.2. The van der Waals surface area contributed by atoms with Gasteiger partial charge in [0.05, 0.1) is 28.9 Å². The number of rotatable bonds is 9. The maximum absolute atomic E-state index is 12.5. The van der Waals surface area contributed by atoms with Crippen molar-refractivity contribution in [2.45, 2.75) is 63.6 Å². The van der Waals surface area contributed by atoms with Gasteiger partial charge in [-0.15, -0.1) is 11.3 Å². The highest BCUT2D eigenvalue weighted by Gasteiger charge is 2.25. The van der Waals surface area contributed by atoms with E-state index in [1.807, 2.05) is 0 Å². The van der Waals surface area contributed by atoms with Crippen molar-refractivity contribution in [2.75, 3.05) is 12.0 Å². The van der Waals surface area contributed by atoms with Crippen molar-refractivity contribution in [2.24, 2.45) is 0 Å². The first-order valence-electron chi connectivity index (χ1n) is 9.83. The van der Waals surface area contributed by atoms with E-state index < -0.39 is 9.84 Å². The average Bonchev–Trinajstić information content (AvgIpc) is 3.31. The second-order valence-electron chi connectivity index (χ2n) is 7.53. The lowest BCUT2D eigenvalue weighted by Gasteiger charge is -2.19. The number of aryl methyl sites for hydroxylation is 1. The summed E-state index contributed by atoms with van der Waals surface area (Å²) in [4.78, 5) is 9.65. The van der Waals surface area contributed by atoms with Gasteiger partial charge in [-0.3, -0.25) is 0 Å². The molecule has 0 fully saturated rings. The molecule has 3 rings (SSSR count). The molecule has 0 saturated carbocycles. The van der Waals surface area contributed by atoms with E-state index >= 15 is 0 Å². The van der Waals surface area contributed by atoms with Crippen LogP contribution in [0.1, 0.15) is 44.3 Å². The molecule has 3 aromatic heterocycles. The van der Waals surface area contributed by atoms with E-state index in [-0.39, 0.29) is 23.4 Å². The Morgan fingerprint density at radius 3 is 2.63 bits per heavy atom. The van der Waals surface area contributed by atoms with Crippen LogP contribution in [0.2, 0.25) is 0 Å². The van der Waals surface area contributed by atoms with Crippen LogP contribution in [0.5, 0.6) is 0 Å². The maximum atomic E-state index is 12.5. The van der Waals surface area contributed by atoms with Crippen molar-refractivity contribution in [1.29, 1.82) is 0 Å². The van der Waals surface area contributed by atoms with E-state index in [0.29, 0.717) is 40.8 Å². The van der Waals surface area contributed by atoms with Crippen LogP contribution in [0.3, 0.4) is 0 Å². The van der Waals surface area contributed by atoms with E-state index in [1.165, 1.54) is 15.9 Å². The largest absolute Gasteiger partial charge is 0.389 e. The van der Waals surface area contributed by atoms with Gasteiger partial charge in [-0.25, -0.2) is 18.4 Å². The average molecular weight is 453 g/mol. The molecule has 0 aliphatic heterocycles. The molecule has 3 heterocycles. The number of nitrogen functional groups attached to an aromatic ring is 1. The highest BCUT2D eigenvalue weighted by molar-refractivity contribution is 7.91. The third-order valence-electron chi connectivity index (χ3n) is 5.03. The van der Waals surface area contributed by atoms with Gasteiger partial charge in [0.1, 0.15) is 15.7 Å². The van der Waals surface area contributed by atoms with Crippen molar-refractivity contribution < 1.29 is 13.5 Å². The van der Waals surface area contributed by atoms with Gasteiger partial charge in [0.2, 0.25) is 0 Å². The van der Waals surface area contributed by atoms with Crippen LogP contribution in [0.4, 0.5) is 5.82 Å². The van der Waals surface area contributed by atoms with Gasteiger partial charge in [-0.05, 0) is 33.1 Å². The smallest absolute Gasteiger partial charge is 0.180 e. The molecule has 9 nitrogen and oxygen atoms in total. The van der Waals surface area contributed by atoms with Crippen molar-refractivity contribution in [1.82, 2.24) is 24.9 Å². The number of anilines is 1. The van der Waals surface area contributed by atoms with Crippen LogP contribution in [0, 0.1) is 0 Å². The minimum atomic E-state index is -3.60. The molecule has 3 aromatic rings. The molecule has 11 heteroatoms. The summed E-state index contributed by atoms with van der Waals surface area (Å²) < 4.78 is 26.3. The standard InChI is InChI=1S/C19H28N6O3S2/c1-5-11(2)23-12(3)6-7-14-17(30(4,27)28)18(20)25-19(24-14)13(8-22-25)15-9-21-16(10-26)29-15/h8-9,11-12,23,26H,5-7,10,20H2,1-4H3/t11-,12+/m0/s1. The summed E-state index contributed by atoms with van der Waals surface area (Å²) in [5.74, 6) is 0.0539. The van der Waals surface area contributed by atoms with E-state index in [9.17, 15) is 13.5 Å². The molecule has 0 spiro atoms. The molecule has 0 amide bonds. The number of aliphatic hydroxyl groups is 1. The van der Waals surface area contributed by atoms with Gasteiger partial charge >= 0.3 is 0 Å². The van der Waals surface area contributed by atoms with E-state index in [2.05, 4.69) is 41.2 Å². The normalized spacial score (nSPS) is 14.3. The zero-order valence-electron chi connectivity index (χ0n) is 17.6. The minimum absolute atomic E-state index is 0.0285. The van der Waals surface area contributed by atoms with Crippen LogP contribution in [0.25, 0.3) is 16.1 Å². The maximum Gasteiger partial charge on any atom is 0.180 e. The lowest BCUT2D eigenvalue weighted by Crippen LogP contribution is -2.34. The Bertz CT molecular complexity index is 1140. The van der Waals surface area contributed by atoms with Crippen LogP contribution in [-0.2, 0) is 22.9 Å². The van der Waals surface area contributed by atoms with Crippen LogP contribution >= 0.6 is 11.3 Å². The first-order valence-corrected chi connectivity index (χ1v) is 12.5. The highest BCUT2D eigenvalue weighted by atomic mass is 32.2. The van der Waals surface area contributed by atoms with E-state index in [0.717, 1.165) is 17.6 Å². The minimum Gasteiger partial charge on any atom is -0.389 e. The van der Waals surface area contributed by atoms with Crippen molar-refractivity contribution in [3.63, 3.8) is 0 Å². The number of sulfone groups is 1. The van der Waals surface area contributed by atoms with Crippen molar-refractivity contribution >= 4 is 32.6 Å². The number of nitrogens with one attached hydrogen (secondary N) is 1. The lowest BCUT2D eigenvalue weighted by molar-refractivity contribution is 0.281. The fraction of sp³-hybridized carbons (Fsp3) is 0.526. The monoisotopic (exact) mass is 452 g/mol. The SMILES string of the molecule is CC[C@H](C)N[C@H](C)CCc1nc2c(-c3cnc(CO)s3)cnn2c(N)c1S(C)(=O)=O. The Morgan fingerprint density at radius 1 is 1.30 bits per heavy atom. The molecule has 164 valence electrons. The Hall–Kier alpha value is -2.08. The van der Waals surface area contributed by atoms with Crippen molar-refractivity contribution in [3.8, 4) is 10.4 Å². The van der Waals surface area contributed by atoms with Gasteiger partial charge in [0, 0.05) is 24.5 Å². The van der Waals surface area contributed by atoms with Crippen molar-refractivity contribution in [3.05, 3.63) is 23.1 Å². The fourth-order valence-corrected chi connectivity index (χ4v) is 5.17. The molecule has 0 saturated heterocycles. The number of aromatic nitrogens is 4. The van der Waals surface area contributed by atoms with E-state index in [1.54, 1.807) is 12.4 Å². The molecule has 0 aliphatic rings. The highest BCUT2D eigenvalue weighted by Crippen LogP contribution is 2.32. The third-order valence-corrected chi connectivity index (χ3v) is 7.23. The number of nitrogens with two attached hydrogens (primary N) is 1. The number of fused-ring (bicyclic) bond motifs is 1. The second-order valence-corrected chi connectivity index (χ2v) is 10.6. The molecular formula is C19H28N6O3S2. The van der Waals surface area contributed by atoms with Gasteiger partial charge in [-0.1, -0.05) is 6.92 Å². The summed E-state index contributed by atoms with van der Waals surface area (Å²) in [6.07, 6.45) is 6.57. The summed E-state index contributed by atoms with van der Waals surface area (Å²) in [5, 5.41) is 17.6. The van der Waals surface area contributed by atoms with E-state index in [4.69, 9.17) is 5.73 Å². The van der Waals surface area contributed by atoms with Crippen LogP contribution in [0.15, 0.2) is 17.3 Å². The Balaban J connectivity index is 2.06. The Kier molecular flexibility index (Phi) is 6.75. The lowest BCUT2D eigenvalue weighted by atomic mass is 10.1. The third kappa shape index (κ3) is 4.64. The van der Waals surface area contributed by atoms with Gasteiger partial charge in [-0.2, -0.15) is 9.61 Å². The molecule has 4 N–H and O–H groups in total. The molecular weight excluding hydrogens is 424 g/mol. The predicted molar refractivity (Wildman–Crippen MR) is 118 cm³/mol. The molecule has 2 atom stereocenters. The number of thiazole rings is 1. The quantitative estimate of drug-likeness (QED) is 0.449. The summed E-state index contributed by atoms with van der Waals surface area (Å²) in [7, 11) is -3.60. The second kappa shape index (κ2) is 8.96. The molecule has 0 unspecified atom stereocenters. The van der Waals surface area contributed by atoms with Crippen LogP contribution in [-0.4, -0.2) is 51.4 Å². The number of nitrogens with zero attached hydrogens (tertiary/aromatic N) is 4. The molecule has 0 aliphatic carbocycles. The molecule has 0 aromatic carbocycles. The molecule has 0 radical (unpaired) electrons. The first kappa shape index (κ1) is 22.6. The number of hydrogen-bond acceptors (Lipinski definition) is 9. The number of hydrogen-bond donors (Lipinski definition) is 3. The summed E-state index contributed by atoms with van der Waals surface area (Å²) >= 11 is 1.33. The summed E-state index contributed by atoms with van der Waals surface area (Å²) in [6.45, 7) is 6.16. The topological polar surface area (TPSA) is 136 Å². The number of aliphatic hydroxyl groups excluding tert-OH is 1. The Labute approximate surface area is 180 Å². The van der Waals surface area contributed by atoms with Crippen LogP contribution < -0.4 is 11.1 Å². The zero-order chi connectivity index (χ0) is 22.1. The molecule has 30 heavy (non-hydrogen) atoms. The van der Waals surface area contributed by atoms with Gasteiger partial charge < -0.3 is 16.2 Å². The summed E-state index contributed by atoms with van der Waals surface area (Å²) in [6, 6.07) is 0.577. The predicted octanol–water partition coefficient (Wildman–Crippen LogP) is 2.04. The Morgan fingerprint density at radius 2 is 2.03 bits per heavy atom. The fourth-order valence-electron chi connectivity index (χ4n) is 3.34. The van der Waals surface area contributed by atoms with Gasteiger partial charge in [0.25, 0.3) is 0 Å².